The van der Waals surface area contributed by atoms with Crippen LogP contribution in [0.4, 0.5) is 0 Å². The van der Waals surface area contributed by atoms with Gasteiger partial charge in [0.25, 0.3) is 5.91 Å². The lowest BCUT2D eigenvalue weighted by atomic mass is 10.1. The van der Waals surface area contributed by atoms with Gasteiger partial charge < -0.3 is 9.64 Å². The predicted octanol–water partition coefficient (Wildman–Crippen LogP) is 4.80. The number of piperazine rings is 1. The van der Waals surface area contributed by atoms with E-state index in [0.29, 0.717) is 35.4 Å². The van der Waals surface area contributed by atoms with Crippen LogP contribution in [0.3, 0.4) is 0 Å². The highest BCUT2D eigenvalue weighted by Gasteiger charge is 2.24. The number of aryl methyl sites for hydroxylation is 2. The van der Waals surface area contributed by atoms with Crippen LogP contribution in [-0.2, 0) is 13.3 Å². The summed E-state index contributed by atoms with van der Waals surface area (Å²) in [5.41, 5.74) is 3.65. The van der Waals surface area contributed by atoms with Gasteiger partial charge in [0, 0.05) is 54.5 Å². The lowest BCUT2D eigenvalue weighted by Crippen LogP contribution is -2.48. The second-order valence-electron chi connectivity index (χ2n) is 8.11. The molecule has 1 fully saturated rings. The summed E-state index contributed by atoms with van der Waals surface area (Å²) in [7, 11) is 0. The largest absolute Gasteiger partial charge is 0.471 e. The number of halogens is 2. The topological polar surface area (TPSA) is 50.6 Å². The number of ether oxygens (including phenoxy) is 1. The smallest absolute Gasteiger partial charge is 0.274 e. The van der Waals surface area contributed by atoms with Crippen molar-refractivity contribution in [2.45, 2.75) is 27.1 Å². The molecule has 1 aromatic heterocycles. The normalized spacial score (nSPS) is 14.6. The van der Waals surface area contributed by atoms with Crippen LogP contribution in [0.5, 0.6) is 5.75 Å². The number of nitrogens with zero attached hydrogens (tertiary/aromatic N) is 4. The van der Waals surface area contributed by atoms with E-state index in [1.807, 2.05) is 49.1 Å². The molecule has 1 aliphatic rings. The zero-order valence-electron chi connectivity index (χ0n) is 18.2. The number of hydrogen-bond donors (Lipinski definition) is 0. The number of carbonyl (C=O) groups is 1. The first-order chi connectivity index (χ1) is 15.4. The molecule has 168 valence electrons. The zero-order chi connectivity index (χ0) is 22.7. The van der Waals surface area contributed by atoms with Crippen molar-refractivity contribution < 1.29 is 9.53 Å². The Morgan fingerprint density at radius 1 is 1.00 bits per heavy atom. The summed E-state index contributed by atoms with van der Waals surface area (Å²) in [6, 6.07) is 13.3. The minimum atomic E-state index is -0.0643. The third-order valence-corrected chi connectivity index (χ3v) is 6.23. The van der Waals surface area contributed by atoms with Crippen molar-refractivity contribution in [3.05, 3.63) is 81.1 Å². The van der Waals surface area contributed by atoms with Gasteiger partial charge in [-0.2, -0.15) is 5.10 Å². The first-order valence-electron chi connectivity index (χ1n) is 10.6. The Labute approximate surface area is 198 Å². The fourth-order valence-corrected chi connectivity index (χ4v) is 4.40. The summed E-state index contributed by atoms with van der Waals surface area (Å²) in [5, 5.41) is 5.75. The van der Waals surface area contributed by atoms with Crippen molar-refractivity contribution in [3.63, 3.8) is 0 Å². The van der Waals surface area contributed by atoms with Crippen LogP contribution >= 0.6 is 23.2 Å². The average molecular weight is 473 g/mol. The molecule has 0 atom stereocenters. The molecular formula is C24H26Cl2N4O2. The third-order valence-electron chi connectivity index (χ3n) is 5.52. The monoisotopic (exact) mass is 472 g/mol. The molecule has 2 aromatic carbocycles. The first kappa shape index (κ1) is 22.6. The van der Waals surface area contributed by atoms with Gasteiger partial charge in [-0.25, -0.2) is 4.68 Å². The highest BCUT2D eigenvalue weighted by molar-refractivity contribution is 6.35. The third kappa shape index (κ3) is 5.44. The Bertz CT molecular complexity index is 1070. The molecule has 2 heterocycles. The van der Waals surface area contributed by atoms with Gasteiger partial charge in [-0.05, 0) is 55.3 Å². The second kappa shape index (κ2) is 9.94. The van der Waals surface area contributed by atoms with Crippen LogP contribution in [0.25, 0.3) is 0 Å². The van der Waals surface area contributed by atoms with Gasteiger partial charge >= 0.3 is 0 Å². The van der Waals surface area contributed by atoms with E-state index in [4.69, 9.17) is 27.9 Å². The van der Waals surface area contributed by atoms with Gasteiger partial charge in [0.1, 0.15) is 5.75 Å². The van der Waals surface area contributed by atoms with Gasteiger partial charge in [0.15, 0.2) is 12.4 Å². The van der Waals surface area contributed by atoms with Crippen molar-refractivity contribution in [1.82, 2.24) is 19.6 Å². The molecule has 1 saturated heterocycles. The molecule has 3 aromatic rings. The van der Waals surface area contributed by atoms with E-state index in [1.54, 1.807) is 16.9 Å². The van der Waals surface area contributed by atoms with E-state index >= 15 is 0 Å². The van der Waals surface area contributed by atoms with Crippen molar-refractivity contribution in [2.24, 2.45) is 0 Å². The molecule has 0 saturated carbocycles. The standard InChI is InChI=1S/C24H26Cl2N4O2/c1-17-12-18(2)14-19(13-17)32-16-30-7-6-23(27-30)24(31)29-10-8-28(9-11-29)15-20-21(25)4-3-5-22(20)26/h3-7,12-14H,8-11,15-16H2,1-2H3. The number of benzene rings is 2. The number of hydrogen-bond acceptors (Lipinski definition) is 4. The lowest BCUT2D eigenvalue weighted by molar-refractivity contribution is 0.0621. The molecule has 6 nitrogen and oxygen atoms in total. The summed E-state index contributed by atoms with van der Waals surface area (Å²) in [6.45, 7) is 7.77. The van der Waals surface area contributed by atoms with Gasteiger partial charge in [0.05, 0.1) is 0 Å². The van der Waals surface area contributed by atoms with Gasteiger partial charge in [0.2, 0.25) is 0 Å². The summed E-state index contributed by atoms with van der Waals surface area (Å²) in [6.07, 6.45) is 1.77. The summed E-state index contributed by atoms with van der Waals surface area (Å²) in [4.78, 5) is 17.0. The molecule has 0 N–H and O–H groups in total. The highest BCUT2D eigenvalue weighted by Crippen LogP contribution is 2.26. The SMILES string of the molecule is Cc1cc(C)cc(OCn2ccc(C(=O)N3CCN(Cc4c(Cl)cccc4Cl)CC3)n2)c1. The van der Waals surface area contributed by atoms with E-state index in [2.05, 4.69) is 16.1 Å². The Morgan fingerprint density at radius 3 is 2.31 bits per heavy atom. The highest BCUT2D eigenvalue weighted by atomic mass is 35.5. The number of carbonyl (C=O) groups excluding carboxylic acids is 1. The maximum Gasteiger partial charge on any atom is 0.274 e. The van der Waals surface area contributed by atoms with Crippen molar-refractivity contribution >= 4 is 29.1 Å². The lowest BCUT2D eigenvalue weighted by Gasteiger charge is -2.34. The zero-order valence-corrected chi connectivity index (χ0v) is 19.7. The molecule has 0 radical (unpaired) electrons. The molecule has 32 heavy (non-hydrogen) atoms. The predicted molar refractivity (Wildman–Crippen MR) is 126 cm³/mol. The molecule has 1 amide bonds. The van der Waals surface area contributed by atoms with Crippen LogP contribution in [-0.4, -0.2) is 51.7 Å². The van der Waals surface area contributed by atoms with Crippen molar-refractivity contribution in [1.29, 1.82) is 0 Å². The molecule has 8 heteroatoms. The van der Waals surface area contributed by atoms with Gasteiger partial charge in [-0.1, -0.05) is 35.3 Å². The Kier molecular flexibility index (Phi) is 7.04. The fraction of sp³-hybridized carbons (Fsp3) is 0.333. The number of rotatable bonds is 6. The first-order valence-corrected chi connectivity index (χ1v) is 11.3. The number of amides is 1. The molecular weight excluding hydrogens is 447 g/mol. The summed E-state index contributed by atoms with van der Waals surface area (Å²) in [5.74, 6) is 0.728. The van der Waals surface area contributed by atoms with Gasteiger partial charge in [-0.3, -0.25) is 9.69 Å². The summed E-state index contributed by atoms with van der Waals surface area (Å²) >= 11 is 12.6. The van der Waals surface area contributed by atoms with E-state index in [9.17, 15) is 4.79 Å². The molecule has 0 aliphatic carbocycles. The van der Waals surface area contributed by atoms with Crippen molar-refractivity contribution in [3.8, 4) is 5.75 Å². The minimum Gasteiger partial charge on any atom is -0.471 e. The Morgan fingerprint density at radius 2 is 1.66 bits per heavy atom. The number of aromatic nitrogens is 2. The second-order valence-corrected chi connectivity index (χ2v) is 8.92. The molecule has 0 spiro atoms. The van der Waals surface area contributed by atoms with E-state index < -0.39 is 0 Å². The van der Waals surface area contributed by atoms with Crippen LogP contribution in [0.2, 0.25) is 10.0 Å². The van der Waals surface area contributed by atoms with Crippen molar-refractivity contribution in [2.75, 3.05) is 26.2 Å². The molecule has 0 unspecified atom stereocenters. The Balaban J connectivity index is 1.30. The maximum atomic E-state index is 12.9. The fourth-order valence-electron chi connectivity index (χ4n) is 3.88. The maximum absolute atomic E-state index is 12.9. The molecule has 1 aliphatic heterocycles. The molecule has 4 rings (SSSR count). The van der Waals surface area contributed by atoms with Crippen LogP contribution in [0.15, 0.2) is 48.7 Å². The van der Waals surface area contributed by atoms with E-state index in [1.165, 1.54) is 0 Å². The van der Waals surface area contributed by atoms with Crippen LogP contribution in [0, 0.1) is 13.8 Å². The Hall–Kier alpha value is -2.54. The van der Waals surface area contributed by atoms with Gasteiger partial charge in [-0.15, -0.1) is 0 Å². The molecule has 0 bridgehead atoms. The average Bonchev–Trinajstić information content (AvgIpc) is 3.23. The summed E-state index contributed by atoms with van der Waals surface area (Å²) < 4.78 is 7.47. The van der Waals surface area contributed by atoms with Crippen LogP contribution < -0.4 is 4.74 Å². The quantitative estimate of drug-likeness (QED) is 0.516. The van der Waals surface area contributed by atoms with Crippen LogP contribution in [0.1, 0.15) is 27.2 Å². The minimum absolute atomic E-state index is 0.0643. The van der Waals surface area contributed by atoms with E-state index in [-0.39, 0.29) is 12.6 Å². The van der Waals surface area contributed by atoms with E-state index in [0.717, 1.165) is 35.5 Å².